The Bertz CT molecular complexity index is 1110. The van der Waals surface area contributed by atoms with Crippen LogP contribution in [0.2, 0.25) is 10.0 Å². The summed E-state index contributed by atoms with van der Waals surface area (Å²) in [4.78, 5) is 24.5. The molecule has 0 saturated carbocycles. The second kappa shape index (κ2) is 10.3. The zero-order chi connectivity index (χ0) is 21.3. The SMILES string of the molecule is O=C(NN=CC(=NNC(=O)c1cccc(Cl)c1)c1ccccc1)c1cccc(Cl)c1. The van der Waals surface area contributed by atoms with Crippen LogP contribution >= 0.6 is 23.2 Å². The van der Waals surface area contributed by atoms with Crippen molar-refractivity contribution in [3.63, 3.8) is 0 Å². The van der Waals surface area contributed by atoms with E-state index in [4.69, 9.17) is 23.2 Å². The van der Waals surface area contributed by atoms with Gasteiger partial charge in [0.25, 0.3) is 11.8 Å². The highest BCUT2D eigenvalue weighted by Crippen LogP contribution is 2.11. The fourth-order valence-electron chi connectivity index (χ4n) is 2.43. The van der Waals surface area contributed by atoms with E-state index in [9.17, 15) is 9.59 Å². The predicted molar refractivity (Wildman–Crippen MR) is 119 cm³/mol. The number of amides is 2. The molecule has 0 saturated heterocycles. The number of halogens is 2. The lowest BCUT2D eigenvalue weighted by Crippen LogP contribution is -2.22. The summed E-state index contributed by atoms with van der Waals surface area (Å²) in [5.41, 5.74) is 6.66. The molecule has 2 amide bonds. The number of hydrazone groups is 2. The van der Waals surface area contributed by atoms with E-state index in [0.29, 0.717) is 32.4 Å². The molecular weight excluding hydrogens is 423 g/mol. The van der Waals surface area contributed by atoms with E-state index in [0.717, 1.165) is 0 Å². The maximum absolute atomic E-state index is 12.3. The first kappa shape index (κ1) is 21.2. The summed E-state index contributed by atoms with van der Waals surface area (Å²) < 4.78 is 0. The van der Waals surface area contributed by atoms with Gasteiger partial charge in [-0.05, 0) is 36.4 Å². The second-order valence-electron chi connectivity index (χ2n) is 6.02. The van der Waals surface area contributed by atoms with Gasteiger partial charge in [0.05, 0.1) is 6.21 Å². The van der Waals surface area contributed by atoms with Gasteiger partial charge in [0, 0.05) is 26.7 Å². The Hall–Kier alpha value is -3.48. The Labute approximate surface area is 183 Å². The van der Waals surface area contributed by atoms with Gasteiger partial charge in [-0.25, -0.2) is 10.9 Å². The van der Waals surface area contributed by atoms with Crippen molar-refractivity contribution in [1.82, 2.24) is 10.9 Å². The molecule has 3 rings (SSSR count). The number of nitrogens with one attached hydrogen (secondary N) is 2. The van der Waals surface area contributed by atoms with Gasteiger partial charge in [-0.15, -0.1) is 0 Å². The third-order valence-electron chi connectivity index (χ3n) is 3.87. The van der Waals surface area contributed by atoms with Gasteiger partial charge in [-0.2, -0.15) is 10.2 Å². The number of hydrogen-bond acceptors (Lipinski definition) is 4. The molecule has 3 aromatic carbocycles. The first-order valence-corrected chi connectivity index (χ1v) is 9.56. The topological polar surface area (TPSA) is 82.9 Å². The fraction of sp³-hybridized carbons (Fsp3) is 0. The summed E-state index contributed by atoms with van der Waals surface area (Å²) in [5.74, 6) is -0.855. The Morgan fingerprint density at radius 1 is 0.700 bits per heavy atom. The molecule has 0 bridgehead atoms. The highest BCUT2D eigenvalue weighted by molar-refractivity contribution is 6.38. The molecule has 0 aliphatic rings. The summed E-state index contributed by atoms with van der Waals surface area (Å²) in [5, 5.41) is 8.97. The van der Waals surface area contributed by atoms with Crippen LogP contribution in [0.3, 0.4) is 0 Å². The second-order valence-corrected chi connectivity index (χ2v) is 6.90. The summed E-state index contributed by atoms with van der Waals surface area (Å²) >= 11 is 11.8. The van der Waals surface area contributed by atoms with Gasteiger partial charge < -0.3 is 0 Å². The zero-order valence-electron chi connectivity index (χ0n) is 15.5. The molecule has 0 aliphatic carbocycles. The summed E-state index contributed by atoms with van der Waals surface area (Å²) in [6.07, 6.45) is 1.34. The van der Waals surface area contributed by atoms with E-state index in [1.807, 2.05) is 18.2 Å². The molecule has 0 fully saturated rings. The molecule has 30 heavy (non-hydrogen) atoms. The molecule has 0 atom stereocenters. The number of hydrogen-bond donors (Lipinski definition) is 2. The molecule has 6 nitrogen and oxygen atoms in total. The minimum atomic E-state index is -0.428. The lowest BCUT2D eigenvalue weighted by atomic mass is 10.1. The molecule has 0 aromatic heterocycles. The van der Waals surface area contributed by atoms with Gasteiger partial charge in [-0.3, -0.25) is 9.59 Å². The maximum Gasteiger partial charge on any atom is 0.271 e. The van der Waals surface area contributed by atoms with Crippen LogP contribution < -0.4 is 10.9 Å². The zero-order valence-corrected chi connectivity index (χ0v) is 17.1. The molecule has 0 heterocycles. The first-order chi connectivity index (χ1) is 14.5. The lowest BCUT2D eigenvalue weighted by molar-refractivity contribution is 0.0946. The van der Waals surface area contributed by atoms with Crippen LogP contribution in [0, 0.1) is 0 Å². The van der Waals surface area contributed by atoms with Gasteiger partial charge >= 0.3 is 0 Å². The summed E-state index contributed by atoms with van der Waals surface area (Å²) in [6.45, 7) is 0. The number of benzene rings is 3. The molecule has 2 N–H and O–H groups in total. The molecular formula is C22H16Cl2N4O2. The standard InChI is InChI=1S/C22H16Cl2N4O2/c23-18-10-4-8-16(12-18)21(29)27-25-14-20(15-6-2-1-3-7-15)26-28-22(30)17-9-5-11-19(24)13-17/h1-14H,(H,27,29)(H,28,30). The van der Waals surface area contributed by atoms with E-state index >= 15 is 0 Å². The van der Waals surface area contributed by atoms with Crippen molar-refractivity contribution in [2.75, 3.05) is 0 Å². The van der Waals surface area contributed by atoms with Crippen LogP contribution in [-0.2, 0) is 0 Å². The van der Waals surface area contributed by atoms with Crippen molar-refractivity contribution in [2.24, 2.45) is 10.2 Å². The van der Waals surface area contributed by atoms with E-state index in [2.05, 4.69) is 21.1 Å². The average molecular weight is 439 g/mol. The number of rotatable bonds is 6. The third-order valence-corrected chi connectivity index (χ3v) is 4.34. The van der Waals surface area contributed by atoms with E-state index in [-0.39, 0.29) is 0 Å². The van der Waals surface area contributed by atoms with Gasteiger partial charge in [-0.1, -0.05) is 65.7 Å². The molecule has 0 aliphatic heterocycles. The highest BCUT2D eigenvalue weighted by atomic mass is 35.5. The fourth-order valence-corrected chi connectivity index (χ4v) is 2.81. The lowest BCUT2D eigenvalue weighted by Gasteiger charge is -2.04. The summed E-state index contributed by atoms with van der Waals surface area (Å²) in [6, 6.07) is 22.1. The largest absolute Gasteiger partial charge is 0.271 e. The van der Waals surface area contributed by atoms with Crippen molar-refractivity contribution in [3.8, 4) is 0 Å². The van der Waals surface area contributed by atoms with Crippen LogP contribution in [0.1, 0.15) is 26.3 Å². The summed E-state index contributed by atoms with van der Waals surface area (Å²) in [7, 11) is 0. The van der Waals surface area contributed by atoms with Crippen molar-refractivity contribution in [2.45, 2.75) is 0 Å². The van der Waals surface area contributed by atoms with Crippen molar-refractivity contribution < 1.29 is 9.59 Å². The molecule has 8 heteroatoms. The molecule has 3 aromatic rings. The molecule has 0 radical (unpaired) electrons. The number of carbonyl (C=O) groups is 2. The van der Waals surface area contributed by atoms with Crippen LogP contribution in [0.25, 0.3) is 0 Å². The van der Waals surface area contributed by atoms with Crippen molar-refractivity contribution in [3.05, 3.63) is 106 Å². The van der Waals surface area contributed by atoms with Crippen LogP contribution in [-0.4, -0.2) is 23.7 Å². The predicted octanol–water partition coefficient (Wildman–Crippen LogP) is 4.54. The maximum atomic E-state index is 12.3. The van der Waals surface area contributed by atoms with E-state index in [1.165, 1.54) is 18.3 Å². The third kappa shape index (κ3) is 6.01. The van der Waals surface area contributed by atoms with E-state index in [1.54, 1.807) is 48.5 Å². The molecule has 0 spiro atoms. The Balaban J connectivity index is 1.76. The molecule has 0 unspecified atom stereocenters. The van der Waals surface area contributed by atoms with Gasteiger partial charge in [0.15, 0.2) is 0 Å². The Morgan fingerprint density at radius 2 is 1.23 bits per heavy atom. The Morgan fingerprint density at radius 3 is 1.80 bits per heavy atom. The van der Waals surface area contributed by atoms with Crippen molar-refractivity contribution in [1.29, 1.82) is 0 Å². The van der Waals surface area contributed by atoms with Gasteiger partial charge in [0.2, 0.25) is 0 Å². The highest BCUT2D eigenvalue weighted by Gasteiger charge is 2.08. The van der Waals surface area contributed by atoms with Crippen molar-refractivity contribution >= 4 is 46.9 Å². The first-order valence-electron chi connectivity index (χ1n) is 8.81. The smallest absolute Gasteiger partial charge is 0.267 e. The Kier molecular flexibility index (Phi) is 7.32. The normalized spacial score (nSPS) is 11.3. The monoisotopic (exact) mass is 438 g/mol. The number of nitrogens with zero attached hydrogens (tertiary/aromatic N) is 2. The van der Waals surface area contributed by atoms with Gasteiger partial charge in [0.1, 0.15) is 5.71 Å². The average Bonchev–Trinajstić information content (AvgIpc) is 2.76. The van der Waals surface area contributed by atoms with Crippen LogP contribution in [0.15, 0.2) is 89.1 Å². The molecule has 150 valence electrons. The minimum Gasteiger partial charge on any atom is -0.267 e. The van der Waals surface area contributed by atoms with Crippen LogP contribution in [0.4, 0.5) is 0 Å². The quantitative estimate of drug-likeness (QED) is 0.437. The van der Waals surface area contributed by atoms with E-state index < -0.39 is 11.8 Å². The van der Waals surface area contributed by atoms with Crippen LogP contribution in [0.5, 0.6) is 0 Å². The minimum absolute atomic E-state index is 0.345. The number of carbonyl (C=O) groups excluding carboxylic acids is 2.